The maximum Gasteiger partial charge on any atom is 0.416 e. The van der Waals surface area contributed by atoms with Crippen LogP contribution in [0.15, 0.2) is 279 Å². The number of alkyl halides is 3. The molecule has 0 saturated heterocycles. The van der Waals surface area contributed by atoms with Crippen molar-refractivity contribution in [2.24, 2.45) is 0 Å². The van der Waals surface area contributed by atoms with E-state index in [1.54, 1.807) is 6.07 Å². The molecule has 0 bridgehead atoms. The van der Waals surface area contributed by atoms with E-state index in [2.05, 4.69) is 158 Å². The zero-order valence-corrected chi connectivity index (χ0v) is 45.8. The van der Waals surface area contributed by atoms with Gasteiger partial charge in [-0.1, -0.05) is 182 Å². The van der Waals surface area contributed by atoms with Gasteiger partial charge < -0.3 is 18.3 Å². The first-order chi connectivity index (χ1) is 42.3. The normalized spacial score (nSPS) is 12.1. The predicted molar refractivity (Wildman–Crippen MR) is 344 cm³/mol. The summed E-state index contributed by atoms with van der Waals surface area (Å²) >= 11 is 0. The number of nitrogens with zero attached hydrogens (tertiary/aromatic N) is 7. The predicted octanol–water partition coefficient (Wildman–Crippen LogP) is 19.9. The summed E-state index contributed by atoms with van der Waals surface area (Å²) in [6.07, 6.45) is -4.71. The summed E-state index contributed by atoms with van der Waals surface area (Å²) in [5, 5.41) is 8.29. The van der Waals surface area contributed by atoms with Crippen LogP contribution in [0.25, 0.3) is 155 Å². The van der Waals surface area contributed by atoms with Gasteiger partial charge >= 0.3 is 6.18 Å². The van der Waals surface area contributed by atoms with Crippen molar-refractivity contribution in [2.45, 2.75) is 6.18 Å². The first kappa shape index (κ1) is 49.3. The summed E-state index contributed by atoms with van der Waals surface area (Å²) in [6.45, 7) is 0. The molecule has 0 aliphatic rings. The lowest BCUT2D eigenvalue weighted by molar-refractivity contribution is -0.137. The molecule has 17 aromatic rings. The highest BCUT2D eigenvalue weighted by molar-refractivity contribution is 6.28. The minimum Gasteiger partial charge on any atom is -0.309 e. The molecule has 17 rings (SSSR count). The number of hydrogen-bond acceptors (Lipinski definition) is 3. The Morgan fingerprint density at radius 3 is 1.07 bits per heavy atom. The first-order valence-electron chi connectivity index (χ1n) is 28.6. The molecule has 0 amide bonds. The highest BCUT2D eigenvalue weighted by Crippen LogP contribution is 2.48. The van der Waals surface area contributed by atoms with Crippen molar-refractivity contribution in [1.29, 1.82) is 0 Å². The lowest BCUT2D eigenvalue weighted by Gasteiger charge is -2.21. The van der Waals surface area contributed by atoms with E-state index >= 15 is 13.2 Å². The monoisotopic (exact) mass is 1110 g/mol. The molecule has 0 N–H and O–H groups in total. The molecule has 0 aliphatic carbocycles. The van der Waals surface area contributed by atoms with Crippen LogP contribution in [0, 0.1) is 0 Å². The third-order valence-electron chi connectivity index (χ3n) is 17.0. The maximum atomic E-state index is 15.9. The largest absolute Gasteiger partial charge is 0.416 e. The Morgan fingerprint density at radius 2 is 0.628 bits per heavy atom. The van der Waals surface area contributed by atoms with Crippen LogP contribution in [0.5, 0.6) is 0 Å². The molecule has 0 saturated carbocycles. The van der Waals surface area contributed by atoms with Gasteiger partial charge in [0, 0.05) is 82.3 Å². The quantitative estimate of drug-likeness (QED) is 0.152. The van der Waals surface area contributed by atoms with Crippen LogP contribution in [-0.2, 0) is 6.18 Å². The van der Waals surface area contributed by atoms with Crippen LogP contribution >= 0.6 is 0 Å². The van der Waals surface area contributed by atoms with E-state index in [4.69, 9.17) is 15.0 Å². The van der Waals surface area contributed by atoms with Gasteiger partial charge in [-0.05, 0) is 97.1 Å². The number of fused-ring (bicyclic) bond motifs is 14. The van der Waals surface area contributed by atoms with Gasteiger partial charge in [0.25, 0.3) is 0 Å². The molecule has 0 aliphatic heterocycles. The first-order valence-corrected chi connectivity index (χ1v) is 28.6. The zero-order valence-electron chi connectivity index (χ0n) is 45.8. The standard InChI is InChI=1S/C76H46F3N7/c77-76(78,79)50-38-42-66(86-64-36-20-16-32-58(64)70-68(86)44-40-56-54-30-14-18-34-62(54)84(72(56)70)52-27-11-4-12-28-52)60(46-50)59-45-49(75-81-73(47-21-5-1-6-22-47)80-74(82-75)48-23-7-2-8-24-48)37-41-65(59)85-63-35-19-15-31-57(63)69-67(85)43-39-55-53-29-13-17-33-61(53)83(71(55)69)51-25-9-3-10-26-51/h1-46H. The average Bonchev–Trinajstić information content (AvgIpc) is 1.68. The van der Waals surface area contributed by atoms with Crippen molar-refractivity contribution in [3.05, 3.63) is 285 Å². The second kappa shape index (κ2) is 19.1. The molecule has 406 valence electrons. The van der Waals surface area contributed by atoms with Gasteiger partial charge in [0.1, 0.15) is 0 Å². The fraction of sp³-hybridized carbons (Fsp3) is 0.0132. The van der Waals surface area contributed by atoms with Gasteiger partial charge in [-0.25, -0.2) is 15.0 Å². The highest BCUT2D eigenvalue weighted by Gasteiger charge is 2.33. The van der Waals surface area contributed by atoms with Gasteiger partial charge in [-0.3, -0.25) is 0 Å². The molecule has 7 nitrogen and oxygen atoms in total. The fourth-order valence-electron chi connectivity index (χ4n) is 13.4. The zero-order chi connectivity index (χ0) is 57.2. The molecular weight excluding hydrogens is 1070 g/mol. The van der Waals surface area contributed by atoms with E-state index in [0.717, 1.165) is 110 Å². The summed E-state index contributed by atoms with van der Waals surface area (Å²) < 4.78 is 56.6. The van der Waals surface area contributed by atoms with Crippen molar-refractivity contribution in [3.63, 3.8) is 0 Å². The van der Waals surface area contributed by atoms with Crippen LogP contribution in [-0.4, -0.2) is 33.2 Å². The molecule has 0 unspecified atom stereocenters. The van der Waals surface area contributed by atoms with E-state index in [-0.39, 0.29) is 0 Å². The lowest BCUT2D eigenvalue weighted by Crippen LogP contribution is -2.08. The number of aromatic nitrogens is 7. The minimum atomic E-state index is -4.71. The smallest absolute Gasteiger partial charge is 0.309 e. The van der Waals surface area contributed by atoms with Gasteiger partial charge in [-0.15, -0.1) is 0 Å². The highest BCUT2D eigenvalue weighted by atomic mass is 19.4. The van der Waals surface area contributed by atoms with Crippen molar-refractivity contribution in [3.8, 4) is 68.0 Å². The Bertz CT molecular complexity index is 5510. The number of halogens is 3. The van der Waals surface area contributed by atoms with Gasteiger partial charge in [0.05, 0.1) is 61.1 Å². The molecule has 12 aromatic carbocycles. The Hall–Kier alpha value is -11.4. The number of para-hydroxylation sites is 6. The third-order valence-corrected chi connectivity index (χ3v) is 17.0. The molecule has 10 heteroatoms. The van der Waals surface area contributed by atoms with Gasteiger partial charge in [0.2, 0.25) is 0 Å². The maximum absolute atomic E-state index is 15.9. The van der Waals surface area contributed by atoms with Crippen molar-refractivity contribution in [2.75, 3.05) is 0 Å². The summed E-state index contributed by atoms with van der Waals surface area (Å²) in [4.78, 5) is 15.4. The van der Waals surface area contributed by atoms with E-state index in [1.165, 1.54) is 12.1 Å². The molecule has 86 heavy (non-hydrogen) atoms. The Balaban J connectivity index is 1.01. The molecule has 0 atom stereocenters. The second-order valence-corrected chi connectivity index (χ2v) is 21.8. The summed E-state index contributed by atoms with van der Waals surface area (Å²) in [5.74, 6) is 1.29. The summed E-state index contributed by atoms with van der Waals surface area (Å²) in [5.41, 5.74) is 13.1. The molecule has 0 radical (unpaired) electrons. The Morgan fingerprint density at radius 1 is 0.267 bits per heavy atom. The third kappa shape index (κ3) is 7.52. The topological polar surface area (TPSA) is 58.4 Å². The van der Waals surface area contributed by atoms with Crippen molar-refractivity contribution < 1.29 is 13.2 Å². The lowest BCUT2D eigenvalue weighted by atomic mass is 9.96. The Labute approximate surface area is 490 Å². The molecule has 0 fully saturated rings. The number of rotatable bonds is 8. The van der Waals surface area contributed by atoms with E-state index in [0.29, 0.717) is 45.5 Å². The van der Waals surface area contributed by atoms with Gasteiger partial charge in [-0.2, -0.15) is 13.2 Å². The summed E-state index contributed by atoms with van der Waals surface area (Å²) in [6, 6.07) is 92.6. The van der Waals surface area contributed by atoms with Gasteiger partial charge in [0.15, 0.2) is 17.5 Å². The van der Waals surface area contributed by atoms with Crippen LogP contribution in [0.2, 0.25) is 0 Å². The molecular formula is C76H46F3N7. The minimum absolute atomic E-state index is 0.356. The van der Waals surface area contributed by atoms with Crippen LogP contribution in [0.4, 0.5) is 13.2 Å². The molecule has 5 heterocycles. The van der Waals surface area contributed by atoms with Crippen molar-refractivity contribution >= 4 is 87.2 Å². The fourth-order valence-corrected chi connectivity index (χ4v) is 13.4. The second-order valence-electron chi connectivity index (χ2n) is 21.8. The molecule has 5 aromatic heterocycles. The van der Waals surface area contributed by atoms with E-state index < -0.39 is 11.7 Å². The van der Waals surface area contributed by atoms with Crippen LogP contribution in [0.1, 0.15) is 5.56 Å². The average molecular weight is 1110 g/mol. The SMILES string of the molecule is FC(F)(F)c1ccc(-n2c3ccccc3c3c2ccc2c4ccccc4n(-c4ccccc4)c23)c(-c2cc(-c3nc(-c4ccccc4)nc(-c4ccccc4)n3)ccc2-n2c3ccccc3c3c2ccc2c4ccccc4n(-c4ccccc4)c23)c1. The number of benzene rings is 12. The van der Waals surface area contributed by atoms with E-state index in [1.807, 2.05) is 121 Å². The number of hydrogen-bond donors (Lipinski definition) is 0. The van der Waals surface area contributed by atoms with Crippen LogP contribution in [0.3, 0.4) is 0 Å². The summed E-state index contributed by atoms with van der Waals surface area (Å²) in [7, 11) is 0. The Kier molecular flexibility index (Phi) is 10.9. The molecule has 0 spiro atoms. The van der Waals surface area contributed by atoms with Crippen LogP contribution < -0.4 is 0 Å². The van der Waals surface area contributed by atoms with E-state index in [9.17, 15) is 0 Å². The van der Waals surface area contributed by atoms with Crippen molar-refractivity contribution in [1.82, 2.24) is 33.2 Å².